The van der Waals surface area contributed by atoms with E-state index in [1.165, 1.54) is 0 Å². The Hall–Kier alpha value is -2.80. The fraction of sp³-hybridized carbons (Fsp3) is 0.250. The summed E-state index contributed by atoms with van der Waals surface area (Å²) < 4.78 is 0. The zero-order valence-electron chi connectivity index (χ0n) is 14.8. The van der Waals surface area contributed by atoms with Crippen LogP contribution in [0.1, 0.15) is 30.1 Å². The molecule has 0 saturated heterocycles. The number of carbonyl (C=O) groups is 3. The highest BCUT2D eigenvalue weighted by molar-refractivity contribution is 8.00. The Labute approximate surface area is 161 Å². The van der Waals surface area contributed by atoms with Crippen molar-refractivity contribution in [2.24, 2.45) is 5.92 Å². The Morgan fingerprint density at radius 2 is 1.70 bits per heavy atom. The van der Waals surface area contributed by atoms with Crippen LogP contribution >= 0.6 is 11.8 Å². The molecule has 0 spiro atoms. The van der Waals surface area contributed by atoms with Gasteiger partial charge in [-0.15, -0.1) is 11.8 Å². The number of aliphatic carboxylic acids is 1. The summed E-state index contributed by atoms with van der Waals surface area (Å²) in [5, 5.41) is 14.1. The highest BCUT2D eigenvalue weighted by atomic mass is 32.2. The summed E-state index contributed by atoms with van der Waals surface area (Å²) >= 11 is 1.12. The molecule has 7 heteroatoms. The van der Waals surface area contributed by atoms with Crippen molar-refractivity contribution in [3.05, 3.63) is 54.1 Å². The first-order chi connectivity index (χ1) is 12.9. The molecule has 1 unspecified atom stereocenters. The fourth-order valence-corrected chi connectivity index (χ4v) is 3.39. The van der Waals surface area contributed by atoms with Crippen molar-refractivity contribution in [1.82, 2.24) is 0 Å². The van der Waals surface area contributed by atoms with Crippen molar-refractivity contribution in [3.63, 3.8) is 0 Å². The Balaban J connectivity index is 1.72. The quantitative estimate of drug-likeness (QED) is 0.630. The van der Waals surface area contributed by atoms with Crippen LogP contribution in [0, 0.1) is 5.92 Å². The topological polar surface area (TPSA) is 95.5 Å². The molecule has 6 nitrogen and oxygen atoms in total. The van der Waals surface area contributed by atoms with Gasteiger partial charge in [-0.1, -0.05) is 18.2 Å². The summed E-state index contributed by atoms with van der Waals surface area (Å²) in [6.45, 7) is 1.58. The van der Waals surface area contributed by atoms with Gasteiger partial charge < -0.3 is 15.7 Å². The van der Waals surface area contributed by atoms with Gasteiger partial charge in [0.1, 0.15) is 5.25 Å². The molecule has 27 heavy (non-hydrogen) atoms. The van der Waals surface area contributed by atoms with Crippen molar-refractivity contribution in [2.75, 3.05) is 10.6 Å². The average Bonchev–Trinajstić information content (AvgIpc) is 3.47. The van der Waals surface area contributed by atoms with Crippen LogP contribution < -0.4 is 10.6 Å². The third-order valence-corrected chi connectivity index (χ3v) is 5.28. The molecule has 0 bridgehead atoms. The third-order valence-electron chi connectivity index (χ3n) is 4.12. The number of carboxylic acids is 1. The van der Waals surface area contributed by atoms with Crippen LogP contribution in [0.5, 0.6) is 0 Å². The minimum Gasteiger partial charge on any atom is -0.480 e. The van der Waals surface area contributed by atoms with Gasteiger partial charge in [-0.3, -0.25) is 14.4 Å². The van der Waals surface area contributed by atoms with Crippen LogP contribution in [0.15, 0.2) is 53.4 Å². The smallest absolute Gasteiger partial charge is 0.316 e. The summed E-state index contributed by atoms with van der Waals surface area (Å²) in [4.78, 5) is 36.3. The molecule has 1 aliphatic rings. The van der Waals surface area contributed by atoms with E-state index in [1.54, 1.807) is 55.5 Å². The molecule has 3 N–H and O–H groups in total. The van der Waals surface area contributed by atoms with E-state index in [0.717, 1.165) is 24.6 Å². The molecular weight excluding hydrogens is 364 g/mol. The van der Waals surface area contributed by atoms with E-state index in [2.05, 4.69) is 10.6 Å². The van der Waals surface area contributed by atoms with Gasteiger partial charge in [0, 0.05) is 22.2 Å². The summed E-state index contributed by atoms with van der Waals surface area (Å²) in [6.07, 6.45) is 1.84. The molecule has 1 atom stereocenters. The monoisotopic (exact) mass is 384 g/mol. The number of thioether (sulfide) groups is 1. The van der Waals surface area contributed by atoms with E-state index in [9.17, 15) is 14.4 Å². The second-order valence-electron chi connectivity index (χ2n) is 6.39. The molecule has 1 fully saturated rings. The highest BCUT2D eigenvalue weighted by Gasteiger charge is 2.29. The lowest BCUT2D eigenvalue weighted by Crippen LogP contribution is -2.16. The number of hydrogen-bond acceptors (Lipinski definition) is 4. The van der Waals surface area contributed by atoms with Gasteiger partial charge in [-0.05, 0) is 50.1 Å². The number of anilines is 2. The first kappa shape index (κ1) is 19.0. The molecule has 3 rings (SSSR count). The maximum absolute atomic E-state index is 12.7. The lowest BCUT2D eigenvalue weighted by molar-refractivity contribution is -0.136. The van der Waals surface area contributed by atoms with Crippen LogP contribution in [-0.2, 0) is 9.59 Å². The van der Waals surface area contributed by atoms with Crippen molar-refractivity contribution in [3.8, 4) is 0 Å². The van der Waals surface area contributed by atoms with Crippen LogP contribution in [0.25, 0.3) is 0 Å². The lowest BCUT2D eigenvalue weighted by atomic mass is 10.2. The van der Waals surface area contributed by atoms with Gasteiger partial charge in [0.15, 0.2) is 0 Å². The Morgan fingerprint density at radius 3 is 2.37 bits per heavy atom. The van der Waals surface area contributed by atoms with Crippen molar-refractivity contribution < 1.29 is 19.5 Å². The average molecular weight is 384 g/mol. The predicted molar refractivity (Wildman–Crippen MR) is 105 cm³/mol. The van der Waals surface area contributed by atoms with Crippen LogP contribution in [0.4, 0.5) is 11.4 Å². The van der Waals surface area contributed by atoms with E-state index in [0.29, 0.717) is 21.8 Å². The maximum atomic E-state index is 12.7. The number of hydrogen-bond donors (Lipinski definition) is 3. The zero-order valence-corrected chi connectivity index (χ0v) is 15.6. The maximum Gasteiger partial charge on any atom is 0.316 e. The van der Waals surface area contributed by atoms with Crippen LogP contribution in [0.3, 0.4) is 0 Å². The van der Waals surface area contributed by atoms with Gasteiger partial charge in [-0.25, -0.2) is 0 Å². The van der Waals surface area contributed by atoms with Gasteiger partial charge in [0.05, 0.1) is 5.56 Å². The normalized spacial score (nSPS) is 14.3. The molecule has 2 aromatic carbocycles. The first-order valence-electron chi connectivity index (χ1n) is 8.65. The van der Waals surface area contributed by atoms with E-state index < -0.39 is 11.2 Å². The third kappa shape index (κ3) is 5.10. The van der Waals surface area contributed by atoms with Crippen molar-refractivity contribution in [2.45, 2.75) is 29.9 Å². The molecule has 0 aliphatic heterocycles. The first-order valence-corrected chi connectivity index (χ1v) is 9.53. The largest absolute Gasteiger partial charge is 0.480 e. The number of benzene rings is 2. The molecule has 0 radical (unpaired) electrons. The van der Waals surface area contributed by atoms with Gasteiger partial charge in [-0.2, -0.15) is 0 Å². The Kier molecular flexibility index (Phi) is 5.81. The Morgan fingerprint density at radius 1 is 1.04 bits per heavy atom. The predicted octanol–water partition coefficient (Wildman–Crippen LogP) is 3.85. The highest BCUT2D eigenvalue weighted by Crippen LogP contribution is 2.31. The van der Waals surface area contributed by atoms with Gasteiger partial charge in [0.25, 0.3) is 5.91 Å². The SMILES string of the molecule is CC(Sc1ccccc1C(=O)Nc1cccc(NC(=O)C2CC2)c1)C(=O)O. The summed E-state index contributed by atoms with van der Waals surface area (Å²) in [7, 11) is 0. The second kappa shape index (κ2) is 8.26. The standard InChI is InChI=1S/C20H20N2O4S/c1-12(20(25)26)27-17-8-3-2-7-16(17)19(24)22-15-6-4-5-14(11-15)21-18(23)13-9-10-13/h2-8,11-13H,9-10H2,1H3,(H,21,23)(H,22,24)(H,25,26). The molecule has 0 heterocycles. The van der Waals surface area contributed by atoms with Crippen LogP contribution in [-0.4, -0.2) is 28.1 Å². The number of nitrogens with one attached hydrogen (secondary N) is 2. The molecule has 2 amide bonds. The minimum atomic E-state index is -0.936. The van der Waals surface area contributed by atoms with Crippen LogP contribution in [0.2, 0.25) is 0 Å². The summed E-state index contributed by atoms with van der Waals surface area (Å²) in [5.41, 5.74) is 1.59. The molecular formula is C20H20N2O4S. The van der Waals surface area contributed by atoms with E-state index >= 15 is 0 Å². The molecule has 1 saturated carbocycles. The fourth-order valence-electron chi connectivity index (χ4n) is 2.46. The van der Waals surface area contributed by atoms with E-state index in [4.69, 9.17) is 5.11 Å². The number of carboxylic acid groups (broad SMARTS) is 1. The Bertz CT molecular complexity index is 880. The molecule has 140 valence electrons. The zero-order chi connectivity index (χ0) is 19.4. The summed E-state index contributed by atoms with van der Waals surface area (Å²) in [5.74, 6) is -1.16. The minimum absolute atomic E-state index is 0.00267. The molecule has 2 aromatic rings. The molecule has 1 aliphatic carbocycles. The van der Waals surface area contributed by atoms with Crippen molar-refractivity contribution in [1.29, 1.82) is 0 Å². The lowest BCUT2D eigenvalue weighted by Gasteiger charge is -2.12. The summed E-state index contributed by atoms with van der Waals surface area (Å²) in [6, 6.07) is 13.8. The van der Waals surface area contributed by atoms with Crippen molar-refractivity contribution >= 4 is 40.9 Å². The second-order valence-corrected chi connectivity index (χ2v) is 7.78. The van der Waals surface area contributed by atoms with E-state index in [1.807, 2.05) is 0 Å². The number of amides is 2. The van der Waals surface area contributed by atoms with E-state index in [-0.39, 0.29) is 17.7 Å². The van der Waals surface area contributed by atoms with Gasteiger partial charge in [0.2, 0.25) is 5.91 Å². The molecule has 0 aromatic heterocycles. The van der Waals surface area contributed by atoms with Gasteiger partial charge >= 0.3 is 5.97 Å². The number of carbonyl (C=O) groups excluding carboxylic acids is 2. The number of rotatable bonds is 7.